The highest BCUT2D eigenvalue weighted by atomic mass is 19.2. The summed E-state index contributed by atoms with van der Waals surface area (Å²) in [6.07, 6.45) is 2.36. The molecule has 1 aromatic rings. The van der Waals surface area contributed by atoms with Crippen LogP contribution < -0.4 is 0 Å². The zero-order chi connectivity index (χ0) is 8.34. The van der Waals surface area contributed by atoms with Gasteiger partial charge in [-0.1, -0.05) is 6.07 Å². The molecule has 2 heteroatoms. The van der Waals surface area contributed by atoms with E-state index >= 15 is 0 Å². The van der Waals surface area contributed by atoms with Crippen LogP contribution in [0.4, 0.5) is 8.78 Å². The molecule has 0 spiro atoms. The Morgan fingerprint density at radius 2 is 1.83 bits per heavy atom. The van der Waals surface area contributed by atoms with E-state index in [1.807, 2.05) is 0 Å². The number of benzene rings is 1. The number of rotatable bonds is 1. The summed E-state index contributed by atoms with van der Waals surface area (Å²) in [6, 6.07) is 4.29. The molecular weight excluding hydrogens is 158 g/mol. The van der Waals surface area contributed by atoms with Gasteiger partial charge in [-0.2, -0.15) is 0 Å². The molecule has 2 saturated carbocycles. The quantitative estimate of drug-likeness (QED) is 0.601. The van der Waals surface area contributed by atoms with Gasteiger partial charge in [-0.3, -0.25) is 0 Å². The summed E-state index contributed by atoms with van der Waals surface area (Å²) in [7, 11) is 0. The fourth-order valence-electron chi connectivity index (χ4n) is 1.98. The van der Waals surface area contributed by atoms with Crippen LogP contribution in [0.25, 0.3) is 0 Å². The predicted molar refractivity (Wildman–Crippen MR) is 40.8 cm³/mol. The minimum Gasteiger partial charge on any atom is -0.204 e. The van der Waals surface area contributed by atoms with E-state index in [2.05, 4.69) is 0 Å². The topological polar surface area (TPSA) is 0 Å². The molecule has 0 heterocycles. The monoisotopic (exact) mass is 166 g/mol. The fourth-order valence-corrected chi connectivity index (χ4v) is 1.98. The maximum absolute atomic E-state index is 12.8. The van der Waals surface area contributed by atoms with Crippen LogP contribution in [0.2, 0.25) is 0 Å². The maximum Gasteiger partial charge on any atom is 0.159 e. The first kappa shape index (κ1) is 6.58. The van der Waals surface area contributed by atoms with Crippen molar-refractivity contribution in [2.24, 2.45) is 5.92 Å². The molecule has 2 fully saturated rings. The van der Waals surface area contributed by atoms with Gasteiger partial charge in [0.05, 0.1) is 0 Å². The normalized spacial score (nSPS) is 36.0. The van der Waals surface area contributed by atoms with E-state index < -0.39 is 11.6 Å². The first-order chi connectivity index (χ1) is 5.72. The van der Waals surface area contributed by atoms with E-state index in [1.54, 1.807) is 6.07 Å². The summed E-state index contributed by atoms with van der Waals surface area (Å²) in [5, 5.41) is 0. The first-order valence-electron chi connectivity index (χ1n) is 4.18. The summed E-state index contributed by atoms with van der Waals surface area (Å²) in [5.41, 5.74) is 1.28. The van der Waals surface area contributed by atoms with Crippen LogP contribution in [0.15, 0.2) is 18.2 Å². The Bertz CT molecular complexity index is 351. The van der Waals surface area contributed by atoms with Crippen molar-refractivity contribution in [1.29, 1.82) is 0 Å². The molecule has 1 aromatic carbocycles. The maximum atomic E-state index is 12.8. The van der Waals surface area contributed by atoms with Crippen molar-refractivity contribution >= 4 is 0 Å². The Balaban J connectivity index is 2.07. The van der Waals surface area contributed by atoms with Crippen LogP contribution in [0.3, 0.4) is 0 Å². The fraction of sp³-hybridized carbons (Fsp3) is 0.400. The van der Waals surface area contributed by atoms with E-state index in [4.69, 9.17) is 0 Å². The van der Waals surface area contributed by atoms with Crippen LogP contribution >= 0.6 is 0 Å². The Hall–Kier alpha value is -0.920. The van der Waals surface area contributed by atoms with E-state index in [0.29, 0.717) is 0 Å². The summed E-state index contributed by atoms with van der Waals surface area (Å²) in [5.74, 6) is -0.671. The van der Waals surface area contributed by atoms with Gasteiger partial charge in [-0.05, 0) is 41.9 Å². The lowest BCUT2D eigenvalue weighted by Gasteiger charge is -2.03. The van der Waals surface area contributed by atoms with Gasteiger partial charge in [-0.15, -0.1) is 0 Å². The molecule has 0 bridgehead atoms. The highest BCUT2D eigenvalue weighted by Gasteiger charge is 2.70. The summed E-state index contributed by atoms with van der Waals surface area (Å²) in [6.45, 7) is 0. The number of hydrogen-bond acceptors (Lipinski definition) is 0. The third kappa shape index (κ3) is 0.655. The van der Waals surface area contributed by atoms with Crippen LogP contribution in [-0.2, 0) is 5.41 Å². The highest BCUT2D eigenvalue weighted by molar-refractivity contribution is 5.43. The molecule has 0 aliphatic heterocycles. The van der Waals surface area contributed by atoms with Crippen LogP contribution in [0, 0.1) is 17.6 Å². The molecule has 0 atom stereocenters. The molecule has 0 saturated heterocycles. The van der Waals surface area contributed by atoms with Gasteiger partial charge in [0, 0.05) is 0 Å². The van der Waals surface area contributed by atoms with Crippen molar-refractivity contribution in [2.45, 2.75) is 18.3 Å². The largest absolute Gasteiger partial charge is 0.204 e. The van der Waals surface area contributed by atoms with Gasteiger partial charge in [0.15, 0.2) is 11.6 Å². The SMILES string of the molecule is Fc1ccc(C23CC2C3)cc1F. The smallest absolute Gasteiger partial charge is 0.159 e. The zero-order valence-corrected chi connectivity index (χ0v) is 6.48. The molecular formula is C10H8F2. The standard InChI is InChI=1S/C10H8F2/c11-8-2-1-6(3-9(8)12)10-4-7(10)5-10/h1-3,7H,4-5H2. The summed E-state index contributed by atoms with van der Waals surface area (Å²) in [4.78, 5) is 0. The lowest BCUT2D eigenvalue weighted by Crippen LogP contribution is -1.95. The van der Waals surface area contributed by atoms with Gasteiger partial charge in [0.2, 0.25) is 0 Å². The molecule has 0 unspecified atom stereocenters. The summed E-state index contributed by atoms with van der Waals surface area (Å²) < 4.78 is 25.3. The molecule has 0 aromatic heterocycles. The Morgan fingerprint density at radius 1 is 1.17 bits per heavy atom. The Morgan fingerprint density at radius 3 is 2.33 bits per heavy atom. The number of halogens is 2. The van der Waals surface area contributed by atoms with E-state index in [0.717, 1.165) is 11.5 Å². The van der Waals surface area contributed by atoms with Crippen molar-refractivity contribution in [1.82, 2.24) is 0 Å². The van der Waals surface area contributed by atoms with Crippen LogP contribution in [0.1, 0.15) is 18.4 Å². The molecule has 0 N–H and O–H groups in total. The van der Waals surface area contributed by atoms with Crippen molar-refractivity contribution in [3.63, 3.8) is 0 Å². The van der Waals surface area contributed by atoms with E-state index in [9.17, 15) is 8.78 Å². The molecule has 0 amide bonds. The van der Waals surface area contributed by atoms with Crippen LogP contribution in [0.5, 0.6) is 0 Å². The molecule has 12 heavy (non-hydrogen) atoms. The predicted octanol–water partition coefficient (Wildman–Crippen LogP) is 2.63. The van der Waals surface area contributed by atoms with Gasteiger partial charge in [0.1, 0.15) is 0 Å². The van der Waals surface area contributed by atoms with E-state index in [1.165, 1.54) is 25.0 Å². The number of fused-ring (bicyclic) bond motifs is 1. The minimum absolute atomic E-state index is 0.286. The second-order valence-corrected chi connectivity index (χ2v) is 3.89. The first-order valence-corrected chi connectivity index (χ1v) is 4.18. The third-order valence-corrected chi connectivity index (χ3v) is 3.18. The lowest BCUT2D eigenvalue weighted by atomic mass is 10.0. The van der Waals surface area contributed by atoms with Gasteiger partial charge < -0.3 is 0 Å². The van der Waals surface area contributed by atoms with E-state index in [-0.39, 0.29) is 5.41 Å². The van der Waals surface area contributed by atoms with Crippen molar-refractivity contribution < 1.29 is 8.78 Å². The Kier molecular flexibility index (Phi) is 0.935. The van der Waals surface area contributed by atoms with Crippen molar-refractivity contribution in [3.05, 3.63) is 35.4 Å². The van der Waals surface area contributed by atoms with Crippen LogP contribution in [-0.4, -0.2) is 0 Å². The third-order valence-electron chi connectivity index (χ3n) is 3.18. The molecule has 3 rings (SSSR count). The van der Waals surface area contributed by atoms with Gasteiger partial charge in [0.25, 0.3) is 0 Å². The minimum atomic E-state index is -0.743. The van der Waals surface area contributed by atoms with Crippen molar-refractivity contribution in [3.8, 4) is 0 Å². The molecule has 0 nitrogen and oxygen atoms in total. The van der Waals surface area contributed by atoms with Gasteiger partial charge in [-0.25, -0.2) is 8.78 Å². The Labute approximate surface area is 69.2 Å². The average molecular weight is 166 g/mol. The lowest BCUT2D eigenvalue weighted by molar-refractivity contribution is 0.506. The zero-order valence-electron chi connectivity index (χ0n) is 6.48. The molecule has 2 aliphatic rings. The average Bonchev–Trinajstić information content (AvgIpc) is 2.80. The second kappa shape index (κ2) is 1.70. The molecule has 2 aliphatic carbocycles. The van der Waals surface area contributed by atoms with Gasteiger partial charge >= 0.3 is 0 Å². The number of hydrogen-bond donors (Lipinski definition) is 0. The molecule has 62 valence electrons. The second-order valence-electron chi connectivity index (χ2n) is 3.89. The van der Waals surface area contributed by atoms with Crippen molar-refractivity contribution in [2.75, 3.05) is 0 Å². The highest BCUT2D eigenvalue weighted by Crippen LogP contribution is 2.75. The molecule has 0 radical (unpaired) electrons. The summed E-state index contributed by atoms with van der Waals surface area (Å²) >= 11 is 0.